The molecule has 0 radical (unpaired) electrons. The fourth-order valence-corrected chi connectivity index (χ4v) is 8.30. The molecule has 3 fully saturated rings. The lowest BCUT2D eigenvalue weighted by atomic mass is 9.70. The van der Waals surface area contributed by atoms with Crippen LogP contribution in [-0.2, 0) is 14.4 Å². The van der Waals surface area contributed by atoms with E-state index in [9.17, 15) is 19.5 Å². The van der Waals surface area contributed by atoms with Gasteiger partial charge in [-0.2, -0.15) is 0 Å². The molecule has 0 saturated carbocycles. The number of fused-ring (bicyclic) bond motifs is 1. The van der Waals surface area contributed by atoms with E-state index in [1.54, 1.807) is 47.7 Å². The normalized spacial score (nSPS) is 31.8. The van der Waals surface area contributed by atoms with Gasteiger partial charge in [-0.1, -0.05) is 25.5 Å². The highest BCUT2D eigenvalue weighted by Gasteiger charge is 2.74. The van der Waals surface area contributed by atoms with Gasteiger partial charge in [0, 0.05) is 31.4 Å². The molecule has 3 unspecified atom stereocenters. The van der Waals surface area contributed by atoms with Gasteiger partial charge in [-0.3, -0.25) is 14.4 Å². The van der Waals surface area contributed by atoms with Crippen molar-refractivity contribution >= 4 is 29.5 Å². The molecule has 0 aromatic heterocycles. The first-order chi connectivity index (χ1) is 15.7. The Morgan fingerprint density at radius 1 is 1.27 bits per heavy atom. The number of likely N-dealkylation sites (N-methyl/N-ethyl adjacent to an activating group) is 1. The number of thioether (sulfide) groups is 1. The van der Waals surface area contributed by atoms with E-state index in [-0.39, 0.29) is 35.6 Å². The summed E-state index contributed by atoms with van der Waals surface area (Å²) in [4.78, 5) is 46.5. The molecule has 3 rings (SSSR count). The van der Waals surface area contributed by atoms with Crippen molar-refractivity contribution < 1.29 is 19.5 Å². The summed E-state index contributed by atoms with van der Waals surface area (Å²) in [6, 6.07) is -1.18. The maximum atomic E-state index is 14.1. The van der Waals surface area contributed by atoms with Gasteiger partial charge in [0.25, 0.3) is 0 Å². The quantitative estimate of drug-likeness (QED) is 0.462. The van der Waals surface area contributed by atoms with Gasteiger partial charge in [-0.15, -0.1) is 24.9 Å². The lowest BCUT2D eigenvalue weighted by Gasteiger charge is -2.40. The zero-order valence-electron chi connectivity index (χ0n) is 20.4. The van der Waals surface area contributed by atoms with Gasteiger partial charge in [0.05, 0.1) is 29.2 Å². The van der Waals surface area contributed by atoms with Gasteiger partial charge in [-0.25, -0.2) is 0 Å². The minimum Gasteiger partial charge on any atom is -0.394 e. The van der Waals surface area contributed by atoms with E-state index in [4.69, 9.17) is 0 Å². The molecule has 3 aliphatic heterocycles. The lowest BCUT2D eigenvalue weighted by Crippen LogP contribution is -2.58. The van der Waals surface area contributed by atoms with E-state index in [2.05, 4.69) is 20.1 Å². The number of aliphatic hydroxyl groups excluding tert-OH is 1. The molecule has 8 heteroatoms. The maximum Gasteiger partial charge on any atom is 0.247 e. The van der Waals surface area contributed by atoms with Crippen LogP contribution >= 0.6 is 11.8 Å². The first kappa shape index (κ1) is 25.8. The number of likely N-dealkylation sites (tertiary alicyclic amines) is 1. The molecule has 3 amide bonds. The average molecular weight is 478 g/mol. The van der Waals surface area contributed by atoms with Gasteiger partial charge in [0.1, 0.15) is 6.04 Å². The van der Waals surface area contributed by atoms with Crippen LogP contribution < -0.4 is 0 Å². The highest BCUT2D eigenvalue weighted by Crippen LogP contribution is 2.67. The summed E-state index contributed by atoms with van der Waals surface area (Å²) < 4.78 is -0.636. The Morgan fingerprint density at radius 3 is 2.52 bits per heavy atom. The SMILES string of the molecule is C=CCN(C)C(=O)[C@@H]1[C@H]2C(=O)N([C@H](C)CO)C(C(=O)N(CC=C)C(C)CCC)C23CC[C@H]1S3. The Balaban J connectivity index is 2.05. The molecule has 3 aliphatic rings. The summed E-state index contributed by atoms with van der Waals surface area (Å²) in [5, 5.41) is 10.0. The predicted molar refractivity (Wildman–Crippen MR) is 132 cm³/mol. The van der Waals surface area contributed by atoms with Gasteiger partial charge in [-0.05, 0) is 33.1 Å². The monoisotopic (exact) mass is 477 g/mol. The van der Waals surface area contributed by atoms with Crippen LogP contribution in [0.2, 0.25) is 0 Å². The standard InChI is InChI=1S/C25H39N3O4S/c1-7-10-16(4)27(14-9-3)24(32)21-25-12-11-18(33-25)19(22(30)26(6)13-8-2)20(25)23(31)28(21)17(5)15-29/h8-9,16-21,29H,2-3,7,10-15H2,1,4-6H3/t16?,17-,18-,19+,20+,21?,25?/m1/s1. The molecule has 33 heavy (non-hydrogen) atoms. The van der Waals surface area contributed by atoms with Gasteiger partial charge in [0.2, 0.25) is 17.7 Å². The van der Waals surface area contributed by atoms with Crippen LogP contribution in [0.3, 0.4) is 0 Å². The predicted octanol–water partition coefficient (Wildman–Crippen LogP) is 2.31. The number of carbonyl (C=O) groups excluding carboxylic acids is 3. The molecule has 0 aromatic carbocycles. The third kappa shape index (κ3) is 4.14. The Bertz CT molecular complexity index is 805. The van der Waals surface area contributed by atoms with Crippen molar-refractivity contribution in [1.29, 1.82) is 0 Å². The zero-order chi connectivity index (χ0) is 24.5. The number of amides is 3. The minimum atomic E-state index is -0.686. The molecule has 1 N–H and O–H groups in total. The Labute approximate surface area is 202 Å². The highest BCUT2D eigenvalue weighted by molar-refractivity contribution is 8.02. The summed E-state index contributed by atoms with van der Waals surface area (Å²) in [5.41, 5.74) is 0. The number of hydrogen-bond acceptors (Lipinski definition) is 5. The maximum absolute atomic E-state index is 14.1. The molecule has 7 nitrogen and oxygen atoms in total. The molecule has 2 bridgehead atoms. The van der Waals surface area contributed by atoms with Crippen molar-refractivity contribution in [2.75, 3.05) is 26.7 Å². The molecule has 3 heterocycles. The van der Waals surface area contributed by atoms with Crippen molar-refractivity contribution in [2.24, 2.45) is 11.8 Å². The lowest BCUT2D eigenvalue weighted by molar-refractivity contribution is -0.147. The molecule has 1 spiro atoms. The van der Waals surface area contributed by atoms with Crippen molar-refractivity contribution in [3.8, 4) is 0 Å². The van der Waals surface area contributed by atoms with Crippen LogP contribution in [0.5, 0.6) is 0 Å². The number of rotatable bonds is 11. The van der Waals surface area contributed by atoms with Crippen molar-refractivity contribution in [2.45, 2.75) is 74.6 Å². The first-order valence-electron chi connectivity index (χ1n) is 12.1. The summed E-state index contributed by atoms with van der Waals surface area (Å²) in [7, 11) is 1.74. The zero-order valence-corrected chi connectivity index (χ0v) is 21.2. The van der Waals surface area contributed by atoms with Gasteiger partial charge < -0.3 is 19.8 Å². The molecule has 7 atom stereocenters. The second-order valence-corrected chi connectivity index (χ2v) is 11.4. The number of nitrogens with zero attached hydrogens (tertiary/aromatic N) is 3. The van der Waals surface area contributed by atoms with E-state index < -0.39 is 28.7 Å². The molecular weight excluding hydrogens is 438 g/mol. The van der Waals surface area contributed by atoms with Crippen LogP contribution in [0.1, 0.15) is 46.5 Å². The number of aliphatic hydroxyl groups is 1. The van der Waals surface area contributed by atoms with E-state index >= 15 is 0 Å². The summed E-state index contributed by atoms with van der Waals surface area (Å²) in [6.45, 7) is 14.1. The molecule has 3 saturated heterocycles. The third-order valence-electron chi connectivity index (χ3n) is 7.62. The van der Waals surface area contributed by atoms with Crippen LogP contribution in [0.4, 0.5) is 0 Å². The Kier molecular flexibility index (Phi) is 7.99. The first-order valence-corrected chi connectivity index (χ1v) is 13.0. The fraction of sp³-hybridized carbons (Fsp3) is 0.720. The smallest absolute Gasteiger partial charge is 0.247 e. The van der Waals surface area contributed by atoms with Crippen LogP contribution in [0, 0.1) is 11.8 Å². The van der Waals surface area contributed by atoms with Crippen LogP contribution in [0.15, 0.2) is 25.3 Å². The third-order valence-corrected chi connectivity index (χ3v) is 9.57. The molecule has 0 aromatic rings. The van der Waals surface area contributed by atoms with E-state index in [0.717, 1.165) is 25.7 Å². The molecular formula is C25H39N3O4S. The number of carbonyl (C=O) groups is 3. The molecule has 184 valence electrons. The highest BCUT2D eigenvalue weighted by atomic mass is 32.2. The Morgan fingerprint density at radius 2 is 1.94 bits per heavy atom. The van der Waals surface area contributed by atoms with E-state index in [1.165, 1.54) is 0 Å². The largest absolute Gasteiger partial charge is 0.394 e. The van der Waals surface area contributed by atoms with Crippen LogP contribution in [-0.4, -0.2) is 92.4 Å². The van der Waals surface area contributed by atoms with E-state index in [0.29, 0.717) is 13.1 Å². The summed E-state index contributed by atoms with van der Waals surface area (Å²) in [6.07, 6.45) is 6.74. The Hall–Kier alpha value is -1.80. The number of hydrogen-bond donors (Lipinski definition) is 1. The second-order valence-electron chi connectivity index (χ2n) is 9.76. The van der Waals surface area contributed by atoms with Crippen molar-refractivity contribution in [3.63, 3.8) is 0 Å². The van der Waals surface area contributed by atoms with Crippen molar-refractivity contribution in [3.05, 3.63) is 25.3 Å². The van der Waals surface area contributed by atoms with E-state index in [1.807, 2.05) is 11.8 Å². The van der Waals surface area contributed by atoms with Gasteiger partial charge in [0.15, 0.2) is 0 Å². The second kappa shape index (κ2) is 10.2. The molecule has 0 aliphatic carbocycles. The van der Waals surface area contributed by atoms with Crippen molar-refractivity contribution in [1.82, 2.24) is 14.7 Å². The fourth-order valence-electron chi connectivity index (χ4n) is 6.11. The topological polar surface area (TPSA) is 81.2 Å². The summed E-state index contributed by atoms with van der Waals surface area (Å²) in [5.74, 6) is -1.31. The minimum absolute atomic E-state index is 0.0112. The summed E-state index contributed by atoms with van der Waals surface area (Å²) >= 11 is 1.66. The van der Waals surface area contributed by atoms with Crippen LogP contribution in [0.25, 0.3) is 0 Å². The average Bonchev–Trinajstić information content (AvgIpc) is 3.43. The van der Waals surface area contributed by atoms with Gasteiger partial charge >= 0.3 is 0 Å².